The van der Waals surface area contributed by atoms with E-state index in [2.05, 4.69) is 15.2 Å². The summed E-state index contributed by atoms with van der Waals surface area (Å²) in [5.41, 5.74) is 0. The van der Waals surface area contributed by atoms with Gasteiger partial charge in [0.25, 0.3) is 0 Å². The summed E-state index contributed by atoms with van der Waals surface area (Å²) in [5.74, 6) is 0.568. The van der Waals surface area contributed by atoms with Crippen molar-refractivity contribution in [2.45, 2.75) is 25.2 Å². The van der Waals surface area contributed by atoms with Crippen LogP contribution >= 0.6 is 11.3 Å². The zero-order valence-corrected chi connectivity index (χ0v) is 7.17. The monoisotopic (exact) mass is 181 g/mol. The van der Waals surface area contributed by atoms with Gasteiger partial charge >= 0.3 is 0 Å². The number of hydrogen-bond donors (Lipinski definition) is 0. The van der Waals surface area contributed by atoms with E-state index in [4.69, 9.17) is 0 Å². The molecule has 0 unspecified atom stereocenters. The molecule has 0 radical (unpaired) electrons. The molecule has 0 aliphatic heterocycles. The number of isocyanates is 1. The Bertz CT molecular complexity index is 325. The Hall–Kier alpha value is -1.06. The number of aliphatic imine (C=N–C) groups is 1. The van der Waals surface area contributed by atoms with Crippen molar-refractivity contribution < 1.29 is 4.79 Å². The summed E-state index contributed by atoms with van der Waals surface area (Å²) in [4.78, 5) is 13.3. The minimum Gasteiger partial charge on any atom is -0.211 e. The van der Waals surface area contributed by atoms with Crippen LogP contribution < -0.4 is 0 Å². The fourth-order valence-corrected chi connectivity index (χ4v) is 1.97. The SMILES string of the molecule is O=C=Nc1nnc(C2CCC2)s1. The van der Waals surface area contributed by atoms with Gasteiger partial charge in [-0.25, -0.2) is 4.79 Å². The van der Waals surface area contributed by atoms with Gasteiger partial charge in [0.2, 0.25) is 11.2 Å². The molecule has 1 aliphatic carbocycles. The van der Waals surface area contributed by atoms with Gasteiger partial charge in [0.05, 0.1) is 0 Å². The Morgan fingerprint density at radius 1 is 1.50 bits per heavy atom. The van der Waals surface area contributed by atoms with Crippen LogP contribution in [-0.4, -0.2) is 16.3 Å². The van der Waals surface area contributed by atoms with Crippen LogP contribution in [0.1, 0.15) is 30.2 Å². The minimum absolute atomic E-state index is 0.423. The van der Waals surface area contributed by atoms with E-state index in [0.29, 0.717) is 11.0 Å². The van der Waals surface area contributed by atoms with E-state index in [1.165, 1.54) is 36.7 Å². The number of hydrogen-bond acceptors (Lipinski definition) is 5. The summed E-state index contributed by atoms with van der Waals surface area (Å²) in [6, 6.07) is 0. The number of nitrogens with zero attached hydrogens (tertiary/aromatic N) is 3. The largest absolute Gasteiger partial charge is 0.242 e. The van der Waals surface area contributed by atoms with Gasteiger partial charge in [-0.3, -0.25) is 0 Å². The van der Waals surface area contributed by atoms with Gasteiger partial charge in [0.15, 0.2) is 0 Å². The number of rotatable bonds is 2. The third-order valence-corrected chi connectivity index (χ3v) is 3.01. The first-order chi connectivity index (χ1) is 5.90. The molecule has 0 saturated heterocycles. The van der Waals surface area contributed by atoms with Gasteiger partial charge in [-0.2, -0.15) is 0 Å². The molecule has 1 saturated carbocycles. The van der Waals surface area contributed by atoms with Crippen molar-refractivity contribution in [1.82, 2.24) is 10.2 Å². The van der Waals surface area contributed by atoms with Crippen LogP contribution in [0, 0.1) is 0 Å². The molecule has 2 rings (SSSR count). The van der Waals surface area contributed by atoms with Crippen molar-refractivity contribution >= 4 is 22.5 Å². The van der Waals surface area contributed by atoms with Gasteiger partial charge in [0, 0.05) is 5.92 Å². The van der Waals surface area contributed by atoms with E-state index < -0.39 is 0 Å². The maximum atomic E-state index is 9.88. The third kappa shape index (κ3) is 1.29. The highest BCUT2D eigenvalue weighted by Gasteiger charge is 2.23. The predicted molar refractivity (Wildman–Crippen MR) is 44.3 cm³/mol. The first kappa shape index (κ1) is 7.58. The summed E-state index contributed by atoms with van der Waals surface area (Å²) in [7, 11) is 0. The van der Waals surface area contributed by atoms with Crippen LogP contribution in [0.15, 0.2) is 4.99 Å². The van der Waals surface area contributed by atoms with E-state index in [-0.39, 0.29) is 0 Å². The molecule has 0 amide bonds. The summed E-state index contributed by atoms with van der Waals surface area (Å²) < 4.78 is 0. The maximum absolute atomic E-state index is 9.88. The highest BCUT2D eigenvalue weighted by atomic mass is 32.1. The normalized spacial score (nSPS) is 16.7. The van der Waals surface area contributed by atoms with E-state index in [0.717, 1.165) is 5.01 Å². The van der Waals surface area contributed by atoms with Crippen molar-refractivity contribution in [3.05, 3.63) is 5.01 Å². The van der Waals surface area contributed by atoms with Crippen LogP contribution in [0.2, 0.25) is 0 Å². The fraction of sp³-hybridized carbons (Fsp3) is 0.571. The van der Waals surface area contributed by atoms with Gasteiger partial charge in [0.1, 0.15) is 5.01 Å². The summed E-state index contributed by atoms with van der Waals surface area (Å²) in [6.07, 6.45) is 5.12. The molecule has 0 spiro atoms. The molecular formula is C7H7N3OS. The smallest absolute Gasteiger partial charge is 0.211 e. The van der Waals surface area contributed by atoms with Crippen molar-refractivity contribution in [3.8, 4) is 0 Å². The summed E-state index contributed by atoms with van der Waals surface area (Å²) in [5, 5.41) is 9.13. The second-order valence-corrected chi connectivity index (χ2v) is 3.74. The van der Waals surface area contributed by atoms with Gasteiger partial charge in [-0.15, -0.1) is 15.2 Å². The molecule has 0 atom stereocenters. The Labute approximate surface area is 73.4 Å². The molecule has 1 aliphatic rings. The number of aromatic nitrogens is 2. The Balaban J connectivity index is 2.17. The van der Waals surface area contributed by atoms with Crippen LogP contribution in [0.3, 0.4) is 0 Å². The lowest BCUT2D eigenvalue weighted by atomic mass is 9.86. The lowest BCUT2D eigenvalue weighted by Gasteiger charge is -2.21. The molecule has 0 aromatic carbocycles. The Morgan fingerprint density at radius 2 is 2.33 bits per heavy atom. The molecule has 1 fully saturated rings. The second-order valence-electron chi connectivity index (χ2n) is 2.75. The van der Waals surface area contributed by atoms with Crippen molar-refractivity contribution in [2.24, 2.45) is 4.99 Å². The van der Waals surface area contributed by atoms with Gasteiger partial charge < -0.3 is 0 Å². The maximum Gasteiger partial charge on any atom is 0.242 e. The quantitative estimate of drug-likeness (QED) is 0.516. The first-order valence-electron chi connectivity index (χ1n) is 3.81. The van der Waals surface area contributed by atoms with E-state index >= 15 is 0 Å². The molecule has 4 nitrogen and oxygen atoms in total. The van der Waals surface area contributed by atoms with Crippen molar-refractivity contribution in [2.75, 3.05) is 0 Å². The van der Waals surface area contributed by atoms with Crippen LogP contribution in [-0.2, 0) is 4.79 Å². The van der Waals surface area contributed by atoms with Crippen LogP contribution in [0.5, 0.6) is 0 Å². The van der Waals surface area contributed by atoms with E-state index in [1.54, 1.807) is 0 Å². The zero-order chi connectivity index (χ0) is 8.39. The van der Waals surface area contributed by atoms with E-state index in [1.807, 2.05) is 0 Å². The lowest BCUT2D eigenvalue weighted by molar-refractivity contribution is 0.416. The van der Waals surface area contributed by atoms with Gasteiger partial charge in [-0.1, -0.05) is 17.8 Å². The Morgan fingerprint density at radius 3 is 2.92 bits per heavy atom. The summed E-state index contributed by atoms with van der Waals surface area (Å²) in [6.45, 7) is 0. The average molecular weight is 181 g/mol. The molecule has 5 heteroatoms. The third-order valence-electron chi connectivity index (χ3n) is 2.03. The minimum atomic E-state index is 0.423. The van der Waals surface area contributed by atoms with E-state index in [9.17, 15) is 4.79 Å². The molecule has 1 aromatic heterocycles. The molecule has 0 N–H and O–H groups in total. The predicted octanol–water partition coefficient (Wildman–Crippen LogP) is 1.77. The first-order valence-corrected chi connectivity index (χ1v) is 4.63. The summed E-state index contributed by atoms with van der Waals surface area (Å²) >= 11 is 1.39. The van der Waals surface area contributed by atoms with Crippen LogP contribution in [0.25, 0.3) is 0 Å². The van der Waals surface area contributed by atoms with Crippen molar-refractivity contribution in [1.29, 1.82) is 0 Å². The molecule has 62 valence electrons. The fourth-order valence-electron chi connectivity index (χ4n) is 1.13. The van der Waals surface area contributed by atoms with Crippen molar-refractivity contribution in [3.63, 3.8) is 0 Å². The van der Waals surface area contributed by atoms with Crippen LogP contribution in [0.4, 0.5) is 5.13 Å². The average Bonchev–Trinajstić information content (AvgIpc) is 2.34. The molecular weight excluding hydrogens is 174 g/mol. The number of carbonyl (C=O) groups excluding carboxylic acids is 1. The highest BCUT2D eigenvalue weighted by molar-refractivity contribution is 7.15. The molecule has 0 bridgehead atoms. The molecule has 12 heavy (non-hydrogen) atoms. The highest BCUT2D eigenvalue weighted by Crippen LogP contribution is 2.38. The topological polar surface area (TPSA) is 55.2 Å². The second kappa shape index (κ2) is 3.13. The zero-order valence-electron chi connectivity index (χ0n) is 6.36. The molecule has 1 heterocycles. The van der Waals surface area contributed by atoms with Gasteiger partial charge in [-0.05, 0) is 12.8 Å². The molecule has 1 aromatic rings. The Kier molecular flexibility index (Phi) is 1.98. The lowest BCUT2D eigenvalue weighted by Crippen LogP contribution is -2.07. The standard InChI is InChI=1S/C7H7N3OS/c11-4-8-7-10-9-6(12-7)5-2-1-3-5/h5H,1-3H2.